The van der Waals surface area contributed by atoms with Crippen molar-refractivity contribution in [2.45, 2.75) is 45.3 Å². The number of aromatic nitrogens is 1. The van der Waals surface area contributed by atoms with E-state index in [9.17, 15) is 14.7 Å². The molecule has 7 heteroatoms. The minimum atomic E-state index is -1.28. The molecule has 0 aliphatic carbocycles. The van der Waals surface area contributed by atoms with Crippen LogP contribution in [0.4, 0.5) is 10.1 Å². The highest BCUT2D eigenvalue weighted by molar-refractivity contribution is 5.95. The van der Waals surface area contributed by atoms with Gasteiger partial charge in [-0.05, 0) is 38.2 Å². The Balaban J connectivity index is 1.94. The molecule has 2 unspecified atom stereocenters. The standard InChI is InChI=1S/C21H25FN2O4/c1-11-9-23(7-6-17(11)28-3)19-13-5-4-12(2)24-10-15(21(26)27)20(25)14(18(13)24)8-16(19)22/h8,10-12,17H,4-7,9H2,1-3H3,(H,26,27)/t11?,12?,17-/m0/s1. The van der Waals surface area contributed by atoms with Gasteiger partial charge in [0.2, 0.25) is 5.43 Å². The minimum absolute atomic E-state index is 0.0464. The zero-order valence-corrected chi connectivity index (χ0v) is 16.4. The maximum atomic E-state index is 15.3. The molecule has 1 aromatic carbocycles. The Kier molecular flexibility index (Phi) is 4.65. The molecule has 2 aliphatic heterocycles. The zero-order chi connectivity index (χ0) is 20.2. The molecule has 4 rings (SSSR count). The molecule has 0 spiro atoms. The van der Waals surface area contributed by atoms with Gasteiger partial charge in [0.15, 0.2) is 0 Å². The number of pyridine rings is 1. The molecule has 150 valence electrons. The summed E-state index contributed by atoms with van der Waals surface area (Å²) < 4.78 is 22.6. The molecule has 1 aromatic heterocycles. The summed E-state index contributed by atoms with van der Waals surface area (Å²) in [6.07, 6.45) is 3.82. The van der Waals surface area contributed by atoms with Gasteiger partial charge in [0.05, 0.1) is 17.3 Å². The summed E-state index contributed by atoms with van der Waals surface area (Å²) >= 11 is 0. The predicted octanol–water partition coefficient (Wildman–Crippen LogP) is 3.21. The number of piperidine rings is 1. The van der Waals surface area contributed by atoms with Crippen LogP contribution in [0.15, 0.2) is 17.1 Å². The van der Waals surface area contributed by atoms with Gasteiger partial charge in [-0.3, -0.25) is 4.79 Å². The van der Waals surface area contributed by atoms with Gasteiger partial charge in [-0.25, -0.2) is 9.18 Å². The molecule has 1 fully saturated rings. The van der Waals surface area contributed by atoms with Crippen LogP contribution in [0.3, 0.4) is 0 Å². The lowest BCUT2D eigenvalue weighted by Crippen LogP contribution is -2.43. The second-order valence-corrected chi connectivity index (χ2v) is 8.04. The normalized spacial score (nSPS) is 24.6. The molecule has 0 amide bonds. The number of carboxylic acids is 1. The van der Waals surface area contributed by atoms with Crippen LogP contribution >= 0.6 is 0 Å². The van der Waals surface area contributed by atoms with Gasteiger partial charge in [-0.15, -0.1) is 0 Å². The number of ether oxygens (including phenoxy) is 1. The third-order valence-electron chi connectivity index (χ3n) is 6.30. The van der Waals surface area contributed by atoms with Crippen LogP contribution in [0.25, 0.3) is 10.9 Å². The highest BCUT2D eigenvalue weighted by Gasteiger charge is 2.32. The summed E-state index contributed by atoms with van der Waals surface area (Å²) in [5.41, 5.74) is 1.11. The minimum Gasteiger partial charge on any atom is -0.477 e. The molecule has 3 heterocycles. The Morgan fingerprint density at radius 1 is 1.32 bits per heavy atom. The summed E-state index contributed by atoms with van der Waals surface area (Å²) in [5.74, 6) is -1.47. The average Bonchev–Trinajstić information content (AvgIpc) is 2.65. The lowest BCUT2D eigenvalue weighted by atomic mass is 9.91. The van der Waals surface area contributed by atoms with Gasteiger partial charge < -0.3 is 19.3 Å². The Morgan fingerprint density at radius 2 is 2.07 bits per heavy atom. The Bertz CT molecular complexity index is 1020. The highest BCUT2D eigenvalue weighted by atomic mass is 19.1. The molecular formula is C21H25FN2O4. The first kappa shape index (κ1) is 18.9. The fraction of sp³-hybridized carbons (Fsp3) is 0.524. The number of hydrogen-bond donors (Lipinski definition) is 1. The fourth-order valence-corrected chi connectivity index (χ4v) is 4.81. The van der Waals surface area contributed by atoms with Crippen LogP contribution in [-0.4, -0.2) is 41.9 Å². The smallest absolute Gasteiger partial charge is 0.341 e. The molecule has 1 saturated heterocycles. The van der Waals surface area contributed by atoms with Crippen molar-refractivity contribution in [2.24, 2.45) is 5.92 Å². The first-order valence-electron chi connectivity index (χ1n) is 9.74. The van der Waals surface area contributed by atoms with Gasteiger partial charge in [-0.1, -0.05) is 6.92 Å². The predicted molar refractivity (Wildman–Crippen MR) is 105 cm³/mol. The number of methoxy groups -OCH3 is 1. The summed E-state index contributed by atoms with van der Waals surface area (Å²) in [4.78, 5) is 26.3. The monoisotopic (exact) mass is 388 g/mol. The number of carbonyl (C=O) groups is 1. The summed E-state index contributed by atoms with van der Waals surface area (Å²) in [5, 5.41) is 9.55. The number of aromatic carboxylic acids is 1. The molecule has 0 radical (unpaired) electrons. The molecule has 1 N–H and O–H groups in total. The van der Waals surface area contributed by atoms with Crippen LogP contribution < -0.4 is 10.3 Å². The lowest BCUT2D eigenvalue weighted by Gasteiger charge is -2.39. The number of rotatable bonds is 3. The van der Waals surface area contributed by atoms with Crippen LogP contribution in [0, 0.1) is 11.7 Å². The first-order valence-corrected chi connectivity index (χ1v) is 9.74. The maximum Gasteiger partial charge on any atom is 0.341 e. The fourth-order valence-electron chi connectivity index (χ4n) is 4.81. The highest BCUT2D eigenvalue weighted by Crippen LogP contribution is 2.39. The number of nitrogens with zero attached hydrogens (tertiary/aromatic N) is 2. The van der Waals surface area contributed by atoms with Crippen molar-refractivity contribution < 1.29 is 19.0 Å². The van der Waals surface area contributed by atoms with Crippen molar-refractivity contribution in [3.05, 3.63) is 39.4 Å². The van der Waals surface area contributed by atoms with E-state index < -0.39 is 17.2 Å². The summed E-state index contributed by atoms with van der Waals surface area (Å²) in [6, 6.07) is 1.27. The van der Waals surface area contributed by atoms with E-state index in [1.807, 2.05) is 11.5 Å². The summed E-state index contributed by atoms with van der Waals surface area (Å²) in [7, 11) is 1.71. The molecule has 0 bridgehead atoms. The van der Waals surface area contributed by atoms with Crippen molar-refractivity contribution in [1.29, 1.82) is 0 Å². The van der Waals surface area contributed by atoms with E-state index in [2.05, 4.69) is 11.8 Å². The number of hydrogen-bond acceptors (Lipinski definition) is 4. The van der Waals surface area contributed by atoms with Gasteiger partial charge in [-0.2, -0.15) is 0 Å². The van der Waals surface area contributed by atoms with Crippen molar-refractivity contribution in [2.75, 3.05) is 25.1 Å². The molecule has 6 nitrogen and oxygen atoms in total. The lowest BCUT2D eigenvalue weighted by molar-refractivity contribution is 0.0443. The van der Waals surface area contributed by atoms with Crippen molar-refractivity contribution in [3.63, 3.8) is 0 Å². The number of aryl methyl sites for hydroxylation is 1. The van der Waals surface area contributed by atoms with Gasteiger partial charge >= 0.3 is 5.97 Å². The second-order valence-electron chi connectivity index (χ2n) is 8.04. The summed E-state index contributed by atoms with van der Waals surface area (Å²) in [6.45, 7) is 5.46. The van der Waals surface area contributed by atoms with Gasteiger partial charge in [0.25, 0.3) is 0 Å². The number of anilines is 1. The van der Waals surface area contributed by atoms with Crippen molar-refractivity contribution in [1.82, 2.24) is 4.57 Å². The SMILES string of the molecule is CO[C@H]1CCN(c2c(F)cc3c(=O)c(C(=O)O)cn4c3c2CCC4C)CC1C. The van der Waals surface area contributed by atoms with Crippen LogP contribution in [0.1, 0.15) is 48.7 Å². The van der Waals surface area contributed by atoms with E-state index in [4.69, 9.17) is 4.74 Å². The van der Waals surface area contributed by atoms with Crippen molar-refractivity contribution >= 4 is 22.6 Å². The van der Waals surface area contributed by atoms with Crippen molar-refractivity contribution in [3.8, 4) is 0 Å². The van der Waals surface area contributed by atoms with E-state index in [1.165, 1.54) is 12.3 Å². The topological polar surface area (TPSA) is 71.8 Å². The molecule has 28 heavy (non-hydrogen) atoms. The van der Waals surface area contributed by atoms with E-state index in [1.54, 1.807) is 7.11 Å². The largest absolute Gasteiger partial charge is 0.477 e. The maximum absolute atomic E-state index is 15.3. The Hall–Kier alpha value is -2.41. The van der Waals surface area contributed by atoms with Crippen LogP contribution in [-0.2, 0) is 11.2 Å². The number of benzene rings is 1. The quantitative estimate of drug-likeness (QED) is 0.874. The third-order valence-corrected chi connectivity index (χ3v) is 6.30. The van der Waals surface area contributed by atoms with E-state index >= 15 is 4.39 Å². The molecular weight excluding hydrogens is 363 g/mol. The van der Waals surface area contributed by atoms with Gasteiger partial charge in [0, 0.05) is 43.4 Å². The zero-order valence-electron chi connectivity index (χ0n) is 16.4. The molecule has 0 saturated carbocycles. The van der Waals surface area contributed by atoms with Crippen LogP contribution in [0.2, 0.25) is 0 Å². The average molecular weight is 388 g/mol. The number of halogens is 1. The molecule has 2 aliphatic rings. The first-order chi connectivity index (χ1) is 13.3. The van der Waals surface area contributed by atoms with E-state index in [0.29, 0.717) is 30.7 Å². The second kappa shape index (κ2) is 6.88. The molecule has 3 atom stereocenters. The van der Waals surface area contributed by atoms with Gasteiger partial charge in [0.1, 0.15) is 11.4 Å². The Morgan fingerprint density at radius 3 is 2.71 bits per heavy atom. The third kappa shape index (κ3) is 2.80. The van der Waals surface area contributed by atoms with E-state index in [0.717, 1.165) is 18.4 Å². The van der Waals surface area contributed by atoms with Crippen LogP contribution in [0.5, 0.6) is 0 Å². The number of carboxylic acid groups (broad SMARTS) is 1. The Labute approximate surface area is 162 Å². The molecule has 2 aromatic rings. The van der Waals surface area contributed by atoms with E-state index in [-0.39, 0.29) is 29.0 Å².